The SMILES string of the molecule is CCc1nc(-c2ccc(C)c(C)c2)ns1. The molecule has 0 spiro atoms. The van der Waals surface area contributed by atoms with Gasteiger partial charge in [-0.2, -0.15) is 4.37 Å². The second-order valence-corrected chi connectivity index (χ2v) is 4.50. The zero-order valence-corrected chi connectivity index (χ0v) is 10.1. The van der Waals surface area contributed by atoms with E-state index >= 15 is 0 Å². The van der Waals surface area contributed by atoms with Gasteiger partial charge in [0.05, 0.1) is 0 Å². The van der Waals surface area contributed by atoms with E-state index in [0.717, 1.165) is 22.8 Å². The number of aryl methyl sites for hydroxylation is 3. The Morgan fingerprint density at radius 2 is 2.00 bits per heavy atom. The van der Waals surface area contributed by atoms with E-state index in [4.69, 9.17) is 0 Å². The third kappa shape index (κ3) is 2.07. The van der Waals surface area contributed by atoms with E-state index < -0.39 is 0 Å². The summed E-state index contributed by atoms with van der Waals surface area (Å²) in [6.07, 6.45) is 0.961. The molecule has 0 aliphatic rings. The van der Waals surface area contributed by atoms with Crippen LogP contribution < -0.4 is 0 Å². The van der Waals surface area contributed by atoms with Gasteiger partial charge in [-0.1, -0.05) is 19.1 Å². The zero-order chi connectivity index (χ0) is 10.8. The molecule has 0 N–H and O–H groups in total. The van der Waals surface area contributed by atoms with Crippen LogP contribution in [0.5, 0.6) is 0 Å². The van der Waals surface area contributed by atoms with E-state index in [1.165, 1.54) is 22.7 Å². The summed E-state index contributed by atoms with van der Waals surface area (Å²) in [7, 11) is 0. The maximum atomic E-state index is 4.48. The second-order valence-electron chi connectivity index (χ2n) is 3.66. The number of nitrogens with zero attached hydrogens (tertiary/aromatic N) is 2. The van der Waals surface area contributed by atoms with Crippen molar-refractivity contribution in [2.24, 2.45) is 0 Å². The number of hydrogen-bond donors (Lipinski definition) is 0. The van der Waals surface area contributed by atoms with Crippen LogP contribution in [0.15, 0.2) is 18.2 Å². The molecule has 0 amide bonds. The minimum absolute atomic E-state index is 0.861. The van der Waals surface area contributed by atoms with Gasteiger partial charge in [-0.15, -0.1) is 0 Å². The molecule has 3 heteroatoms. The largest absolute Gasteiger partial charge is 0.220 e. The molecule has 0 saturated heterocycles. The first-order valence-corrected chi connectivity index (χ1v) is 5.88. The Morgan fingerprint density at radius 3 is 2.60 bits per heavy atom. The molecule has 2 nitrogen and oxygen atoms in total. The van der Waals surface area contributed by atoms with Crippen molar-refractivity contribution >= 4 is 11.5 Å². The van der Waals surface area contributed by atoms with Crippen molar-refractivity contribution in [1.82, 2.24) is 9.36 Å². The Kier molecular flexibility index (Phi) is 2.82. The minimum atomic E-state index is 0.861. The Labute approximate surface area is 94.2 Å². The Bertz CT molecular complexity index is 474. The maximum Gasteiger partial charge on any atom is 0.173 e. The van der Waals surface area contributed by atoms with Gasteiger partial charge in [0.25, 0.3) is 0 Å². The number of rotatable bonds is 2. The molecule has 2 aromatic rings. The monoisotopic (exact) mass is 218 g/mol. The van der Waals surface area contributed by atoms with Crippen LogP contribution in [0.4, 0.5) is 0 Å². The van der Waals surface area contributed by atoms with Crippen LogP contribution >= 0.6 is 11.5 Å². The molecular weight excluding hydrogens is 204 g/mol. The van der Waals surface area contributed by atoms with Crippen molar-refractivity contribution < 1.29 is 0 Å². The molecular formula is C12H14N2S. The van der Waals surface area contributed by atoms with Crippen molar-refractivity contribution in [3.05, 3.63) is 34.3 Å². The fraction of sp³-hybridized carbons (Fsp3) is 0.333. The third-order valence-electron chi connectivity index (χ3n) is 2.54. The predicted molar refractivity (Wildman–Crippen MR) is 64.2 cm³/mol. The highest BCUT2D eigenvalue weighted by atomic mass is 32.1. The van der Waals surface area contributed by atoms with Gasteiger partial charge in [-0.3, -0.25) is 0 Å². The van der Waals surface area contributed by atoms with Gasteiger partial charge < -0.3 is 0 Å². The summed E-state index contributed by atoms with van der Waals surface area (Å²) in [5.74, 6) is 0.861. The molecule has 0 saturated carbocycles. The highest BCUT2D eigenvalue weighted by Gasteiger charge is 2.05. The molecule has 1 heterocycles. The molecule has 0 atom stereocenters. The van der Waals surface area contributed by atoms with E-state index in [1.54, 1.807) is 0 Å². The predicted octanol–water partition coefficient (Wildman–Crippen LogP) is 3.38. The zero-order valence-electron chi connectivity index (χ0n) is 9.24. The van der Waals surface area contributed by atoms with E-state index in [1.807, 2.05) is 0 Å². The lowest BCUT2D eigenvalue weighted by Crippen LogP contribution is -1.85. The van der Waals surface area contributed by atoms with Crippen molar-refractivity contribution in [3.63, 3.8) is 0 Å². The van der Waals surface area contributed by atoms with Gasteiger partial charge in [0.2, 0.25) is 0 Å². The van der Waals surface area contributed by atoms with E-state index in [-0.39, 0.29) is 0 Å². The van der Waals surface area contributed by atoms with Crippen molar-refractivity contribution in [2.45, 2.75) is 27.2 Å². The van der Waals surface area contributed by atoms with Gasteiger partial charge in [-0.05, 0) is 49.0 Å². The lowest BCUT2D eigenvalue weighted by molar-refractivity contribution is 1.09. The van der Waals surface area contributed by atoms with Crippen LogP contribution in [-0.4, -0.2) is 9.36 Å². The molecule has 1 aromatic carbocycles. The lowest BCUT2D eigenvalue weighted by atomic mass is 10.1. The molecule has 1 aromatic heterocycles. The lowest BCUT2D eigenvalue weighted by Gasteiger charge is -2.01. The standard InChI is InChI=1S/C12H14N2S/c1-4-11-13-12(14-15-11)10-6-5-8(2)9(3)7-10/h5-7H,4H2,1-3H3. The quantitative estimate of drug-likeness (QED) is 0.772. The summed E-state index contributed by atoms with van der Waals surface area (Å²) in [6.45, 7) is 6.33. The van der Waals surface area contributed by atoms with Gasteiger partial charge in [0.1, 0.15) is 5.01 Å². The first kappa shape index (κ1) is 10.3. The molecule has 0 fully saturated rings. The average molecular weight is 218 g/mol. The van der Waals surface area contributed by atoms with E-state index in [2.05, 4.69) is 48.3 Å². The van der Waals surface area contributed by atoms with Crippen LogP contribution in [0.1, 0.15) is 23.1 Å². The van der Waals surface area contributed by atoms with Gasteiger partial charge in [0, 0.05) is 5.56 Å². The second kappa shape index (κ2) is 4.11. The van der Waals surface area contributed by atoms with Crippen LogP contribution in [0.2, 0.25) is 0 Å². The number of hydrogen-bond acceptors (Lipinski definition) is 3. The summed E-state index contributed by atoms with van der Waals surface area (Å²) in [5, 5.41) is 1.10. The molecule has 0 radical (unpaired) electrons. The van der Waals surface area contributed by atoms with Gasteiger partial charge in [-0.25, -0.2) is 4.98 Å². The van der Waals surface area contributed by atoms with Crippen molar-refractivity contribution in [2.75, 3.05) is 0 Å². The first-order valence-electron chi connectivity index (χ1n) is 5.11. The molecule has 2 rings (SSSR count). The highest BCUT2D eigenvalue weighted by Crippen LogP contribution is 2.21. The summed E-state index contributed by atoms with van der Waals surface area (Å²) < 4.78 is 4.36. The van der Waals surface area contributed by atoms with Crippen LogP contribution in [0.3, 0.4) is 0 Å². The van der Waals surface area contributed by atoms with Crippen molar-refractivity contribution in [1.29, 1.82) is 0 Å². The molecule has 78 valence electrons. The summed E-state index contributed by atoms with van der Waals surface area (Å²) in [4.78, 5) is 4.48. The summed E-state index contributed by atoms with van der Waals surface area (Å²) >= 11 is 1.49. The Balaban J connectivity index is 2.40. The highest BCUT2D eigenvalue weighted by molar-refractivity contribution is 7.05. The molecule has 0 aliphatic heterocycles. The molecule has 0 bridgehead atoms. The molecule has 0 aliphatic carbocycles. The fourth-order valence-corrected chi connectivity index (χ4v) is 1.99. The smallest absolute Gasteiger partial charge is 0.173 e. The van der Waals surface area contributed by atoms with Gasteiger partial charge in [0.15, 0.2) is 5.82 Å². The van der Waals surface area contributed by atoms with Gasteiger partial charge >= 0.3 is 0 Å². The number of benzene rings is 1. The fourth-order valence-electron chi connectivity index (χ4n) is 1.40. The average Bonchev–Trinajstić information content (AvgIpc) is 2.70. The topological polar surface area (TPSA) is 25.8 Å². The van der Waals surface area contributed by atoms with Crippen LogP contribution in [0, 0.1) is 13.8 Å². The van der Waals surface area contributed by atoms with E-state index in [9.17, 15) is 0 Å². The minimum Gasteiger partial charge on any atom is -0.220 e. The van der Waals surface area contributed by atoms with Crippen molar-refractivity contribution in [3.8, 4) is 11.4 Å². The normalized spacial score (nSPS) is 10.6. The Morgan fingerprint density at radius 1 is 1.20 bits per heavy atom. The van der Waals surface area contributed by atoms with Crippen LogP contribution in [-0.2, 0) is 6.42 Å². The van der Waals surface area contributed by atoms with E-state index in [0.29, 0.717) is 0 Å². The number of aromatic nitrogens is 2. The summed E-state index contributed by atoms with van der Waals surface area (Å²) in [6, 6.07) is 6.36. The Hall–Kier alpha value is -1.22. The summed E-state index contributed by atoms with van der Waals surface area (Å²) in [5.41, 5.74) is 3.72. The first-order chi connectivity index (χ1) is 7.20. The maximum absolute atomic E-state index is 4.48. The third-order valence-corrected chi connectivity index (χ3v) is 3.39. The van der Waals surface area contributed by atoms with Crippen LogP contribution in [0.25, 0.3) is 11.4 Å². The molecule has 15 heavy (non-hydrogen) atoms. The molecule has 0 unspecified atom stereocenters.